The highest BCUT2D eigenvalue weighted by Crippen LogP contribution is 2.27. The lowest BCUT2D eigenvalue weighted by atomic mass is 10.0. The van der Waals surface area contributed by atoms with Gasteiger partial charge in [0.05, 0.1) is 17.6 Å². The number of aromatic nitrogens is 4. The van der Waals surface area contributed by atoms with E-state index in [1.54, 1.807) is 0 Å². The summed E-state index contributed by atoms with van der Waals surface area (Å²) < 4.78 is 1.81. The van der Waals surface area contributed by atoms with Gasteiger partial charge < -0.3 is 5.32 Å². The molecule has 0 saturated carbocycles. The molecular weight excluding hydrogens is 346 g/mol. The number of rotatable bonds is 4. The van der Waals surface area contributed by atoms with Gasteiger partial charge in [0.15, 0.2) is 0 Å². The number of aryl methyl sites for hydroxylation is 1. The van der Waals surface area contributed by atoms with E-state index in [1.165, 1.54) is 11.1 Å². The van der Waals surface area contributed by atoms with E-state index in [2.05, 4.69) is 63.4 Å². The number of nitrogens with zero attached hydrogens (tertiary/aromatic N) is 4. The van der Waals surface area contributed by atoms with Gasteiger partial charge in [-0.25, -0.2) is 4.98 Å². The highest BCUT2D eigenvalue weighted by atomic mass is 15.2. The SMILES string of the molecule is C=C(Nc1cc2cc(-c3cnn(C)c3)ccc2cn1)c1cc2c(cn1)CC=C2. The molecular formula is C23H19N5. The molecule has 1 aliphatic carbocycles. The second-order valence-electron chi connectivity index (χ2n) is 7.01. The quantitative estimate of drug-likeness (QED) is 0.570. The van der Waals surface area contributed by atoms with Crippen LogP contribution in [0.5, 0.6) is 0 Å². The molecule has 0 aliphatic heterocycles. The largest absolute Gasteiger partial charge is 0.339 e. The molecule has 0 unspecified atom stereocenters. The number of benzene rings is 1. The second kappa shape index (κ2) is 6.46. The lowest BCUT2D eigenvalue weighted by Gasteiger charge is -2.11. The van der Waals surface area contributed by atoms with E-state index in [1.807, 2.05) is 42.6 Å². The lowest BCUT2D eigenvalue weighted by Crippen LogP contribution is -2.02. The summed E-state index contributed by atoms with van der Waals surface area (Å²) in [5, 5.41) is 9.75. The maximum absolute atomic E-state index is 4.53. The van der Waals surface area contributed by atoms with Gasteiger partial charge in [-0.15, -0.1) is 0 Å². The van der Waals surface area contributed by atoms with E-state index in [-0.39, 0.29) is 0 Å². The average Bonchev–Trinajstić information content (AvgIpc) is 3.35. The Kier molecular flexibility index (Phi) is 3.79. The van der Waals surface area contributed by atoms with Crippen LogP contribution in [0.4, 0.5) is 5.82 Å². The standard InChI is InChI=1S/C23H19N5/c1-15(22-9-16-4-3-5-18(16)11-24-22)27-23-10-20-8-17(6-7-19(20)12-25-23)21-13-26-28(2)14-21/h3-4,6-14H,1,5H2,2H3,(H,25,27). The first-order valence-electron chi connectivity index (χ1n) is 9.16. The topological polar surface area (TPSA) is 55.6 Å². The number of hydrogen-bond donors (Lipinski definition) is 1. The molecule has 3 aromatic heterocycles. The third-order valence-electron chi connectivity index (χ3n) is 5.01. The molecule has 0 bridgehead atoms. The smallest absolute Gasteiger partial charge is 0.130 e. The maximum Gasteiger partial charge on any atom is 0.130 e. The van der Waals surface area contributed by atoms with Gasteiger partial charge in [-0.1, -0.05) is 30.9 Å². The molecule has 5 nitrogen and oxygen atoms in total. The van der Waals surface area contributed by atoms with Crippen LogP contribution in [0.3, 0.4) is 0 Å². The predicted molar refractivity (Wildman–Crippen MR) is 114 cm³/mol. The van der Waals surface area contributed by atoms with Gasteiger partial charge in [0, 0.05) is 36.6 Å². The molecule has 5 heteroatoms. The van der Waals surface area contributed by atoms with Crippen molar-refractivity contribution in [3.8, 4) is 11.1 Å². The minimum atomic E-state index is 0.735. The molecule has 3 heterocycles. The van der Waals surface area contributed by atoms with Crippen LogP contribution < -0.4 is 5.32 Å². The van der Waals surface area contributed by atoms with Crippen molar-refractivity contribution < 1.29 is 0 Å². The fourth-order valence-electron chi connectivity index (χ4n) is 3.48. The van der Waals surface area contributed by atoms with Crippen molar-refractivity contribution >= 4 is 28.4 Å². The van der Waals surface area contributed by atoms with E-state index < -0.39 is 0 Å². The van der Waals surface area contributed by atoms with Crippen molar-refractivity contribution in [3.05, 3.63) is 84.6 Å². The Morgan fingerprint density at radius 1 is 1.04 bits per heavy atom. The molecule has 0 atom stereocenters. The van der Waals surface area contributed by atoms with Gasteiger partial charge in [-0.05, 0) is 46.7 Å². The van der Waals surface area contributed by atoms with Crippen LogP contribution in [0.25, 0.3) is 33.7 Å². The van der Waals surface area contributed by atoms with Gasteiger partial charge >= 0.3 is 0 Å². The van der Waals surface area contributed by atoms with Crippen LogP contribution in [-0.2, 0) is 13.5 Å². The van der Waals surface area contributed by atoms with E-state index in [0.29, 0.717) is 0 Å². The van der Waals surface area contributed by atoms with Crippen LogP contribution in [0, 0.1) is 0 Å². The van der Waals surface area contributed by atoms with Crippen molar-refractivity contribution in [3.63, 3.8) is 0 Å². The van der Waals surface area contributed by atoms with E-state index in [9.17, 15) is 0 Å². The predicted octanol–water partition coefficient (Wildman–Crippen LogP) is 4.68. The Balaban J connectivity index is 1.44. The molecule has 0 saturated heterocycles. The van der Waals surface area contributed by atoms with E-state index >= 15 is 0 Å². The van der Waals surface area contributed by atoms with Crippen LogP contribution in [-0.4, -0.2) is 19.7 Å². The van der Waals surface area contributed by atoms with Crippen LogP contribution in [0.15, 0.2) is 67.8 Å². The highest BCUT2D eigenvalue weighted by molar-refractivity contribution is 5.89. The lowest BCUT2D eigenvalue weighted by molar-refractivity contribution is 0.768. The van der Waals surface area contributed by atoms with Gasteiger partial charge in [-0.2, -0.15) is 5.10 Å². The maximum atomic E-state index is 4.53. The first-order chi connectivity index (χ1) is 13.7. The van der Waals surface area contributed by atoms with Gasteiger partial charge in [0.25, 0.3) is 0 Å². The molecule has 28 heavy (non-hydrogen) atoms. The molecule has 4 aromatic rings. The van der Waals surface area contributed by atoms with Crippen molar-refractivity contribution in [2.75, 3.05) is 5.32 Å². The fourth-order valence-corrected chi connectivity index (χ4v) is 3.48. The monoisotopic (exact) mass is 365 g/mol. The number of fused-ring (bicyclic) bond motifs is 2. The van der Waals surface area contributed by atoms with Crippen molar-refractivity contribution in [2.45, 2.75) is 6.42 Å². The first kappa shape index (κ1) is 16.4. The van der Waals surface area contributed by atoms with Crippen molar-refractivity contribution in [1.82, 2.24) is 19.7 Å². The zero-order chi connectivity index (χ0) is 19.1. The molecule has 136 valence electrons. The third kappa shape index (κ3) is 2.97. The number of allylic oxidation sites excluding steroid dienone is 1. The van der Waals surface area contributed by atoms with E-state index in [4.69, 9.17) is 0 Å². The average molecular weight is 365 g/mol. The molecule has 5 rings (SSSR count). The van der Waals surface area contributed by atoms with Crippen molar-refractivity contribution in [2.24, 2.45) is 7.05 Å². The molecule has 1 N–H and O–H groups in total. The van der Waals surface area contributed by atoms with Gasteiger partial charge in [0.2, 0.25) is 0 Å². The van der Waals surface area contributed by atoms with Crippen molar-refractivity contribution in [1.29, 1.82) is 0 Å². The summed E-state index contributed by atoms with van der Waals surface area (Å²) in [4.78, 5) is 9.05. The second-order valence-corrected chi connectivity index (χ2v) is 7.01. The number of anilines is 1. The molecule has 0 fully saturated rings. The summed E-state index contributed by atoms with van der Waals surface area (Å²) in [5.41, 5.74) is 6.25. The minimum absolute atomic E-state index is 0.735. The number of nitrogens with one attached hydrogen (secondary N) is 1. The summed E-state index contributed by atoms with van der Waals surface area (Å²) in [6, 6.07) is 10.4. The summed E-state index contributed by atoms with van der Waals surface area (Å²) in [5.74, 6) is 0.749. The Morgan fingerprint density at radius 3 is 2.82 bits per heavy atom. The Hall–Kier alpha value is -3.73. The zero-order valence-electron chi connectivity index (χ0n) is 15.6. The normalized spacial score (nSPS) is 12.3. The highest BCUT2D eigenvalue weighted by Gasteiger charge is 2.10. The number of hydrogen-bond acceptors (Lipinski definition) is 4. The summed E-state index contributed by atoms with van der Waals surface area (Å²) in [6.45, 7) is 4.14. The van der Waals surface area contributed by atoms with E-state index in [0.717, 1.165) is 45.5 Å². The van der Waals surface area contributed by atoms with Crippen LogP contribution >= 0.6 is 0 Å². The zero-order valence-corrected chi connectivity index (χ0v) is 15.6. The molecule has 0 amide bonds. The molecule has 1 aromatic carbocycles. The summed E-state index contributed by atoms with van der Waals surface area (Å²) in [7, 11) is 1.92. The summed E-state index contributed by atoms with van der Waals surface area (Å²) in [6.07, 6.45) is 12.9. The minimum Gasteiger partial charge on any atom is -0.339 e. The third-order valence-corrected chi connectivity index (χ3v) is 5.01. The Labute approximate surface area is 163 Å². The first-order valence-corrected chi connectivity index (χ1v) is 9.16. The Bertz CT molecular complexity index is 1250. The number of pyridine rings is 2. The summed E-state index contributed by atoms with van der Waals surface area (Å²) >= 11 is 0. The fraction of sp³-hybridized carbons (Fsp3) is 0.0870. The molecule has 0 spiro atoms. The Morgan fingerprint density at radius 2 is 1.96 bits per heavy atom. The molecule has 1 aliphatic rings. The van der Waals surface area contributed by atoms with Gasteiger partial charge in [0.1, 0.15) is 5.82 Å². The van der Waals surface area contributed by atoms with Crippen LogP contribution in [0.1, 0.15) is 16.8 Å². The molecule has 0 radical (unpaired) electrons. The van der Waals surface area contributed by atoms with Gasteiger partial charge in [-0.3, -0.25) is 9.67 Å². The van der Waals surface area contributed by atoms with Crippen LogP contribution in [0.2, 0.25) is 0 Å².